The maximum absolute atomic E-state index is 10.7. The Kier molecular flexibility index (Phi) is 3.31. The molecular weight excluding hydrogens is 200 g/mol. The Morgan fingerprint density at radius 1 is 1.31 bits per heavy atom. The number of rotatable bonds is 2. The fourth-order valence-corrected chi connectivity index (χ4v) is 2.53. The maximum atomic E-state index is 10.7. The van der Waals surface area contributed by atoms with E-state index in [1.165, 1.54) is 5.56 Å². The Hall–Kier alpha value is -0.860. The molecule has 2 rings (SSSR count). The molecule has 2 heteroatoms. The second kappa shape index (κ2) is 4.56. The zero-order chi connectivity index (χ0) is 11.6. The second-order valence-corrected chi connectivity index (χ2v) is 4.85. The van der Waals surface area contributed by atoms with Gasteiger partial charge in [-0.2, -0.15) is 0 Å². The zero-order valence-corrected chi connectivity index (χ0v) is 10.1. The average molecular weight is 220 g/mol. The van der Waals surface area contributed by atoms with E-state index in [-0.39, 0.29) is 6.10 Å². The van der Waals surface area contributed by atoms with Crippen molar-refractivity contribution in [3.63, 3.8) is 0 Å². The van der Waals surface area contributed by atoms with E-state index in [4.69, 9.17) is 4.74 Å². The zero-order valence-electron chi connectivity index (χ0n) is 10.1. The third kappa shape index (κ3) is 2.28. The molecule has 0 amide bonds. The van der Waals surface area contributed by atoms with Crippen molar-refractivity contribution in [1.82, 2.24) is 0 Å². The molecule has 1 fully saturated rings. The highest BCUT2D eigenvalue weighted by Gasteiger charge is 2.35. The summed E-state index contributed by atoms with van der Waals surface area (Å²) in [7, 11) is 1.73. The predicted molar refractivity (Wildman–Crippen MR) is 64.3 cm³/mol. The van der Waals surface area contributed by atoms with Crippen LogP contribution in [0.4, 0.5) is 0 Å². The highest BCUT2D eigenvalue weighted by molar-refractivity contribution is 5.27. The predicted octanol–water partition coefficient (Wildman–Crippen LogP) is 2.77. The molecule has 1 aromatic rings. The average Bonchev–Trinajstić information content (AvgIpc) is 2.29. The van der Waals surface area contributed by atoms with Gasteiger partial charge in [-0.25, -0.2) is 0 Å². The molecule has 2 atom stereocenters. The van der Waals surface area contributed by atoms with Gasteiger partial charge in [0.1, 0.15) is 0 Å². The molecule has 1 aliphatic carbocycles. The molecule has 1 aromatic carbocycles. The van der Waals surface area contributed by atoms with Crippen molar-refractivity contribution in [2.45, 2.75) is 44.3 Å². The van der Waals surface area contributed by atoms with Crippen molar-refractivity contribution < 1.29 is 9.84 Å². The SMILES string of the molecule is COC1CCCC(O)(c2ccc(C)cc2)C1. The lowest BCUT2D eigenvalue weighted by atomic mass is 9.78. The molecule has 2 unspecified atom stereocenters. The van der Waals surface area contributed by atoms with Crippen molar-refractivity contribution in [1.29, 1.82) is 0 Å². The Bertz CT molecular complexity index is 344. The number of aliphatic hydroxyl groups is 1. The molecule has 0 spiro atoms. The summed E-state index contributed by atoms with van der Waals surface area (Å²) in [6.07, 6.45) is 3.84. The van der Waals surface area contributed by atoms with Crippen LogP contribution in [0.15, 0.2) is 24.3 Å². The van der Waals surface area contributed by atoms with Gasteiger partial charge in [-0.15, -0.1) is 0 Å². The molecule has 1 saturated carbocycles. The molecule has 0 radical (unpaired) electrons. The van der Waals surface area contributed by atoms with Crippen LogP contribution in [0.3, 0.4) is 0 Å². The van der Waals surface area contributed by atoms with Crippen molar-refractivity contribution >= 4 is 0 Å². The van der Waals surface area contributed by atoms with Gasteiger partial charge >= 0.3 is 0 Å². The fourth-order valence-electron chi connectivity index (χ4n) is 2.53. The number of aryl methyl sites for hydroxylation is 1. The van der Waals surface area contributed by atoms with E-state index in [0.717, 1.165) is 24.8 Å². The topological polar surface area (TPSA) is 29.5 Å². The van der Waals surface area contributed by atoms with Crippen molar-refractivity contribution in [2.75, 3.05) is 7.11 Å². The Balaban J connectivity index is 2.20. The van der Waals surface area contributed by atoms with E-state index in [1.54, 1.807) is 7.11 Å². The Labute approximate surface area is 97.3 Å². The summed E-state index contributed by atoms with van der Waals surface area (Å²) in [5.41, 5.74) is 1.57. The minimum atomic E-state index is -0.688. The Morgan fingerprint density at radius 2 is 2.00 bits per heavy atom. The van der Waals surface area contributed by atoms with Crippen molar-refractivity contribution in [3.8, 4) is 0 Å². The van der Waals surface area contributed by atoms with E-state index >= 15 is 0 Å². The van der Waals surface area contributed by atoms with E-state index in [9.17, 15) is 5.11 Å². The fraction of sp³-hybridized carbons (Fsp3) is 0.571. The molecule has 1 aliphatic rings. The lowest BCUT2D eigenvalue weighted by Gasteiger charge is -2.36. The molecular formula is C14H20O2. The highest BCUT2D eigenvalue weighted by Crippen LogP contribution is 2.37. The van der Waals surface area contributed by atoms with Gasteiger partial charge in [0.2, 0.25) is 0 Å². The van der Waals surface area contributed by atoms with Gasteiger partial charge in [0, 0.05) is 13.5 Å². The summed E-state index contributed by atoms with van der Waals surface area (Å²) in [6, 6.07) is 8.19. The summed E-state index contributed by atoms with van der Waals surface area (Å²) >= 11 is 0. The van der Waals surface area contributed by atoms with Crippen LogP contribution in [-0.2, 0) is 10.3 Å². The van der Waals surface area contributed by atoms with E-state index in [1.807, 2.05) is 12.1 Å². The van der Waals surface area contributed by atoms with Gasteiger partial charge in [0.05, 0.1) is 11.7 Å². The third-order valence-electron chi connectivity index (χ3n) is 3.60. The quantitative estimate of drug-likeness (QED) is 0.830. The highest BCUT2D eigenvalue weighted by atomic mass is 16.5. The number of ether oxygens (including phenoxy) is 1. The van der Waals surface area contributed by atoms with Crippen LogP contribution < -0.4 is 0 Å². The lowest BCUT2D eigenvalue weighted by Crippen LogP contribution is -2.35. The molecule has 0 aliphatic heterocycles. The first kappa shape index (κ1) is 11.6. The van der Waals surface area contributed by atoms with E-state index in [2.05, 4.69) is 19.1 Å². The van der Waals surface area contributed by atoms with Crippen LogP contribution in [0.1, 0.15) is 36.8 Å². The van der Waals surface area contributed by atoms with Gasteiger partial charge < -0.3 is 9.84 Å². The van der Waals surface area contributed by atoms with Gasteiger partial charge in [-0.1, -0.05) is 29.8 Å². The summed E-state index contributed by atoms with van der Waals surface area (Å²) in [4.78, 5) is 0. The summed E-state index contributed by atoms with van der Waals surface area (Å²) in [6.45, 7) is 2.06. The van der Waals surface area contributed by atoms with Crippen LogP contribution in [0.25, 0.3) is 0 Å². The monoisotopic (exact) mass is 220 g/mol. The summed E-state index contributed by atoms with van der Waals surface area (Å²) in [5.74, 6) is 0. The minimum Gasteiger partial charge on any atom is -0.385 e. The molecule has 1 N–H and O–H groups in total. The van der Waals surface area contributed by atoms with Crippen LogP contribution in [0.2, 0.25) is 0 Å². The van der Waals surface area contributed by atoms with Gasteiger partial charge in [-0.05, 0) is 31.7 Å². The van der Waals surface area contributed by atoms with Gasteiger partial charge in [0.25, 0.3) is 0 Å². The summed E-state index contributed by atoms with van der Waals surface area (Å²) < 4.78 is 5.37. The number of methoxy groups -OCH3 is 1. The molecule has 2 nitrogen and oxygen atoms in total. The molecule has 0 saturated heterocycles. The standard InChI is InChI=1S/C14H20O2/c1-11-5-7-12(8-6-11)14(15)9-3-4-13(10-14)16-2/h5-8,13,15H,3-4,9-10H2,1-2H3. The first-order valence-electron chi connectivity index (χ1n) is 5.96. The Morgan fingerprint density at radius 3 is 2.62 bits per heavy atom. The molecule has 0 heterocycles. The van der Waals surface area contributed by atoms with E-state index in [0.29, 0.717) is 6.42 Å². The normalized spacial score (nSPS) is 30.3. The molecule has 16 heavy (non-hydrogen) atoms. The number of hydrogen-bond acceptors (Lipinski definition) is 2. The van der Waals surface area contributed by atoms with E-state index < -0.39 is 5.60 Å². The van der Waals surface area contributed by atoms with Crippen molar-refractivity contribution in [2.24, 2.45) is 0 Å². The first-order valence-corrected chi connectivity index (χ1v) is 5.96. The molecule has 0 bridgehead atoms. The number of hydrogen-bond donors (Lipinski definition) is 1. The summed E-state index contributed by atoms with van der Waals surface area (Å²) in [5, 5.41) is 10.7. The third-order valence-corrected chi connectivity index (χ3v) is 3.60. The second-order valence-electron chi connectivity index (χ2n) is 4.85. The first-order chi connectivity index (χ1) is 7.64. The van der Waals surface area contributed by atoms with Crippen LogP contribution in [0, 0.1) is 6.92 Å². The molecule has 0 aromatic heterocycles. The van der Waals surface area contributed by atoms with Crippen molar-refractivity contribution in [3.05, 3.63) is 35.4 Å². The lowest BCUT2D eigenvalue weighted by molar-refractivity contribution is -0.0631. The van der Waals surface area contributed by atoms with Crippen LogP contribution >= 0.6 is 0 Å². The molecule has 88 valence electrons. The van der Waals surface area contributed by atoms with Crippen LogP contribution in [-0.4, -0.2) is 18.3 Å². The van der Waals surface area contributed by atoms with Gasteiger partial charge in [0.15, 0.2) is 0 Å². The number of benzene rings is 1. The minimum absolute atomic E-state index is 0.194. The van der Waals surface area contributed by atoms with Crippen LogP contribution in [0.5, 0.6) is 0 Å². The smallest absolute Gasteiger partial charge is 0.0921 e. The largest absolute Gasteiger partial charge is 0.385 e. The van der Waals surface area contributed by atoms with Gasteiger partial charge in [-0.3, -0.25) is 0 Å². The maximum Gasteiger partial charge on any atom is 0.0921 e.